The van der Waals surface area contributed by atoms with E-state index >= 15 is 0 Å². The van der Waals surface area contributed by atoms with Crippen LogP contribution in [0.3, 0.4) is 0 Å². The number of rotatable bonds is 6. The minimum Gasteiger partial charge on any atom is -0.356 e. The van der Waals surface area contributed by atoms with Crippen molar-refractivity contribution in [2.24, 2.45) is 10.1 Å². The second-order valence-electron chi connectivity index (χ2n) is 7.96. The Labute approximate surface area is 206 Å². The molecule has 0 spiro atoms. The number of anilines is 2. The van der Waals surface area contributed by atoms with E-state index in [1.54, 1.807) is 24.3 Å². The van der Waals surface area contributed by atoms with Crippen LogP contribution in [0.25, 0.3) is 0 Å². The van der Waals surface area contributed by atoms with Crippen molar-refractivity contribution in [1.82, 2.24) is 15.4 Å². The van der Waals surface area contributed by atoms with Gasteiger partial charge in [-0.3, -0.25) is 10.2 Å². The Bertz CT molecular complexity index is 1290. The molecular formula is C24H22ClN7OS. The van der Waals surface area contributed by atoms with Gasteiger partial charge >= 0.3 is 0 Å². The number of aliphatic imine (C=N–C) groups is 1. The summed E-state index contributed by atoms with van der Waals surface area (Å²) in [6.07, 6.45) is 1.85. The SMILES string of the molecule is CC1=NNC(=Nc2cc(N3CCC3)nc(Sc3ccc(NC(=O)c4ccccc4Cl)cc3)n2)C1. The van der Waals surface area contributed by atoms with Crippen LogP contribution in [-0.2, 0) is 0 Å². The number of hydrogen-bond acceptors (Lipinski definition) is 7. The lowest BCUT2D eigenvalue weighted by Gasteiger charge is -2.32. The number of hydrazone groups is 1. The lowest BCUT2D eigenvalue weighted by Crippen LogP contribution is -2.37. The monoisotopic (exact) mass is 491 g/mol. The molecular weight excluding hydrogens is 470 g/mol. The molecule has 0 unspecified atom stereocenters. The first-order valence-corrected chi connectivity index (χ1v) is 12.1. The smallest absolute Gasteiger partial charge is 0.257 e. The summed E-state index contributed by atoms with van der Waals surface area (Å²) >= 11 is 7.57. The molecule has 0 bridgehead atoms. The Morgan fingerprint density at radius 3 is 2.62 bits per heavy atom. The van der Waals surface area contributed by atoms with Gasteiger partial charge in [-0.2, -0.15) is 5.10 Å². The molecule has 1 aromatic heterocycles. The van der Waals surface area contributed by atoms with Gasteiger partial charge in [-0.25, -0.2) is 15.0 Å². The van der Waals surface area contributed by atoms with Crippen molar-refractivity contribution in [3.63, 3.8) is 0 Å². The number of halogens is 1. The van der Waals surface area contributed by atoms with Crippen molar-refractivity contribution in [2.45, 2.75) is 29.8 Å². The van der Waals surface area contributed by atoms with E-state index in [4.69, 9.17) is 16.6 Å². The maximum Gasteiger partial charge on any atom is 0.257 e. The van der Waals surface area contributed by atoms with Crippen LogP contribution in [-0.4, -0.2) is 40.5 Å². The Hall–Kier alpha value is -3.43. The van der Waals surface area contributed by atoms with E-state index in [0.29, 0.717) is 33.7 Å². The van der Waals surface area contributed by atoms with Crippen LogP contribution < -0.4 is 15.6 Å². The van der Waals surface area contributed by atoms with Gasteiger partial charge in [-0.1, -0.05) is 23.7 Å². The number of nitrogens with one attached hydrogen (secondary N) is 2. The molecule has 1 amide bonds. The van der Waals surface area contributed by atoms with Crippen LogP contribution in [0.2, 0.25) is 5.02 Å². The van der Waals surface area contributed by atoms with Gasteiger partial charge in [0, 0.05) is 41.9 Å². The lowest BCUT2D eigenvalue weighted by atomic mass is 10.2. The van der Waals surface area contributed by atoms with Crippen LogP contribution in [0.1, 0.15) is 30.1 Å². The highest BCUT2D eigenvalue weighted by atomic mass is 35.5. The summed E-state index contributed by atoms with van der Waals surface area (Å²) in [7, 11) is 0. The standard InChI is InChI=1S/C24H22ClN7OS/c1-15-13-21(31-30-15)27-20-14-22(32-11-4-12-32)29-24(28-20)34-17-9-7-16(8-10-17)26-23(33)18-5-2-3-6-19(18)25/h2-3,5-10,14H,4,11-13H2,1H3,(H,26,33)(H,27,28,29,31). The zero-order valence-corrected chi connectivity index (χ0v) is 20.0. The van der Waals surface area contributed by atoms with Gasteiger partial charge < -0.3 is 10.2 Å². The third-order valence-corrected chi connectivity index (χ3v) is 6.55. The maximum absolute atomic E-state index is 12.5. The number of carbonyl (C=O) groups is 1. The third kappa shape index (κ3) is 5.21. The van der Waals surface area contributed by atoms with E-state index in [1.807, 2.05) is 37.3 Å². The molecule has 2 aromatic carbocycles. The van der Waals surface area contributed by atoms with Crippen LogP contribution in [0, 0.1) is 0 Å². The molecule has 2 aliphatic rings. The Kier molecular flexibility index (Phi) is 6.46. The molecule has 10 heteroatoms. The molecule has 0 aliphatic carbocycles. The van der Waals surface area contributed by atoms with Crippen molar-refractivity contribution in [1.29, 1.82) is 0 Å². The quantitative estimate of drug-likeness (QED) is 0.463. The molecule has 5 rings (SSSR count). The molecule has 3 heterocycles. The van der Waals surface area contributed by atoms with Gasteiger partial charge in [0.25, 0.3) is 5.91 Å². The molecule has 2 N–H and O–H groups in total. The first-order valence-electron chi connectivity index (χ1n) is 10.9. The summed E-state index contributed by atoms with van der Waals surface area (Å²) < 4.78 is 0. The van der Waals surface area contributed by atoms with E-state index in [2.05, 4.69) is 30.7 Å². The van der Waals surface area contributed by atoms with Gasteiger partial charge in [-0.15, -0.1) is 0 Å². The Morgan fingerprint density at radius 1 is 1.15 bits per heavy atom. The van der Waals surface area contributed by atoms with E-state index < -0.39 is 0 Å². The van der Waals surface area contributed by atoms with Crippen molar-refractivity contribution in [2.75, 3.05) is 23.3 Å². The molecule has 1 fully saturated rings. The van der Waals surface area contributed by atoms with Crippen LogP contribution >= 0.6 is 23.4 Å². The number of nitrogens with zero attached hydrogens (tertiary/aromatic N) is 5. The molecule has 8 nitrogen and oxygen atoms in total. The highest BCUT2D eigenvalue weighted by Crippen LogP contribution is 2.31. The molecule has 0 atom stereocenters. The second-order valence-corrected chi connectivity index (χ2v) is 9.41. The zero-order valence-electron chi connectivity index (χ0n) is 18.5. The first-order chi connectivity index (χ1) is 16.5. The maximum atomic E-state index is 12.5. The number of amides is 1. The lowest BCUT2D eigenvalue weighted by molar-refractivity contribution is 0.102. The van der Waals surface area contributed by atoms with Gasteiger partial charge in [0.15, 0.2) is 11.0 Å². The summed E-state index contributed by atoms with van der Waals surface area (Å²) in [5, 5.41) is 8.09. The molecule has 2 aliphatic heterocycles. The summed E-state index contributed by atoms with van der Waals surface area (Å²) in [4.78, 5) is 29.7. The largest absolute Gasteiger partial charge is 0.356 e. The topological polar surface area (TPSA) is 94.9 Å². The minimum absolute atomic E-state index is 0.250. The zero-order chi connectivity index (χ0) is 23.5. The van der Waals surface area contributed by atoms with Crippen molar-refractivity contribution in [3.8, 4) is 0 Å². The summed E-state index contributed by atoms with van der Waals surface area (Å²) in [5.41, 5.74) is 5.06. The number of benzene rings is 2. The number of amidine groups is 1. The number of aromatic nitrogens is 2. The third-order valence-electron chi connectivity index (χ3n) is 5.35. The van der Waals surface area contributed by atoms with Crippen LogP contribution in [0.4, 0.5) is 17.3 Å². The fourth-order valence-corrected chi connectivity index (χ4v) is 4.43. The highest BCUT2D eigenvalue weighted by Gasteiger charge is 2.19. The molecule has 0 radical (unpaired) electrons. The highest BCUT2D eigenvalue weighted by molar-refractivity contribution is 7.99. The van der Waals surface area contributed by atoms with Crippen LogP contribution in [0.15, 0.2) is 74.7 Å². The minimum atomic E-state index is -0.250. The first kappa shape index (κ1) is 22.4. The van der Waals surface area contributed by atoms with Gasteiger partial charge in [-0.05, 0) is 61.5 Å². The fraction of sp³-hybridized carbons (Fsp3) is 0.208. The summed E-state index contributed by atoms with van der Waals surface area (Å²) in [5.74, 6) is 2.01. The van der Waals surface area contributed by atoms with Gasteiger partial charge in [0.2, 0.25) is 0 Å². The summed E-state index contributed by atoms with van der Waals surface area (Å²) in [6, 6.07) is 16.4. The van der Waals surface area contributed by atoms with E-state index in [9.17, 15) is 4.79 Å². The van der Waals surface area contributed by atoms with Gasteiger partial charge in [0.1, 0.15) is 11.7 Å². The Balaban J connectivity index is 1.32. The number of hydrogen-bond donors (Lipinski definition) is 2. The molecule has 0 saturated carbocycles. The molecule has 1 saturated heterocycles. The average molecular weight is 492 g/mol. The van der Waals surface area contributed by atoms with E-state index in [-0.39, 0.29) is 5.91 Å². The molecule has 34 heavy (non-hydrogen) atoms. The molecule has 172 valence electrons. The summed E-state index contributed by atoms with van der Waals surface area (Å²) in [6.45, 7) is 3.93. The Morgan fingerprint density at radius 2 is 1.94 bits per heavy atom. The van der Waals surface area contributed by atoms with Gasteiger partial charge in [0.05, 0.1) is 10.6 Å². The number of carbonyl (C=O) groups excluding carboxylic acids is 1. The van der Waals surface area contributed by atoms with Crippen molar-refractivity contribution >= 4 is 58.1 Å². The van der Waals surface area contributed by atoms with Crippen molar-refractivity contribution < 1.29 is 4.79 Å². The second kappa shape index (κ2) is 9.82. The van der Waals surface area contributed by atoms with Crippen LogP contribution in [0.5, 0.6) is 0 Å². The molecule has 3 aromatic rings. The predicted molar refractivity (Wildman–Crippen MR) is 137 cm³/mol. The van der Waals surface area contributed by atoms with Crippen molar-refractivity contribution in [3.05, 3.63) is 65.2 Å². The van der Waals surface area contributed by atoms with E-state index in [0.717, 1.165) is 41.8 Å². The normalized spacial score (nSPS) is 16.1. The average Bonchev–Trinajstić information content (AvgIpc) is 3.18. The predicted octanol–water partition coefficient (Wildman–Crippen LogP) is 5.14. The van der Waals surface area contributed by atoms with E-state index in [1.165, 1.54) is 11.8 Å². The fourth-order valence-electron chi connectivity index (χ4n) is 3.45.